The topological polar surface area (TPSA) is 34.1 Å². The molecule has 0 aliphatic carbocycles. The summed E-state index contributed by atoms with van der Waals surface area (Å²) in [7, 11) is -1.04. The molecule has 0 aromatic carbocycles. The fourth-order valence-electron chi connectivity index (χ4n) is 1.11. The van der Waals surface area contributed by atoms with Gasteiger partial charge in [-0.05, 0) is 25.7 Å². The number of halogens is 2. The Labute approximate surface area is 151 Å². The second-order valence-electron chi connectivity index (χ2n) is 3.70. The van der Waals surface area contributed by atoms with Crippen LogP contribution in [0, 0.1) is 0 Å². The smallest absolute Gasteiger partial charge is 1.00 e. The predicted octanol–water partition coefficient (Wildman–Crippen LogP) is -2.88. The molecule has 0 spiro atoms. The molecule has 19 heavy (non-hydrogen) atoms. The molecule has 0 fully saturated rings. The fourth-order valence-corrected chi connectivity index (χ4v) is 3.34. The molecule has 2 nitrogen and oxygen atoms in total. The maximum atomic E-state index is 10.8. The third-order valence-corrected chi connectivity index (χ3v) is 5.18. The molecule has 0 aliphatic heterocycles. The Balaban J connectivity index is -0.0000000594. The van der Waals surface area contributed by atoms with Crippen LogP contribution in [-0.4, -0.2) is 31.4 Å². The van der Waals surface area contributed by atoms with Crippen LogP contribution in [0.2, 0.25) is 0 Å². The van der Waals surface area contributed by atoms with Crippen LogP contribution in [0.4, 0.5) is 0 Å². The molecule has 0 aromatic rings. The van der Waals surface area contributed by atoms with Gasteiger partial charge in [-0.25, -0.2) is 0 Å². The van der Waals surface area contributed by atoms with Crippen molar-refractivity contribution in [3.8, 4) is 0 Å². The van der Waals surface area contributed by atoms with Gasteiger partial charge in [0.05, 0.1) is 0 Å². The van der Waals surface area contributed by atoms with Gasteiger partial charge in [0.1, 0.15) is 0 Å². The first-order valence-corrected chi connectivity index (χ1v) is 9.29. The van der Waals surface area contributed by atoms with E-state index in [4.69, 9.17) is 0 Å². The van der Waals surface area contributed by atoms with E-state index >= 15 is 0 Å². The van der Waals surface area contributed by atoms with Gasteiger partial charge in [-0.3, -0.25) is 8.42 Å². The van der Waals surface area contributed by atoms with Crippen LogP contribution in [0.1, 0.15) is 53.4 Å². The van der Waals surface area contributed by atoms with Gasteiger partial charge < -0.3 is 24.8 Å². The van der Waals surface area contributed by atoms with Crippen molar-refractivity contribution in [2.24, 2.45) is 0 Å². The van der Waals surface area contributed by atoms with E-state index in [1.165, 1.54) is 0 Å². The van der Waals surface area contributed by atoms with E-state index in [-0.39, 0.29) is 45.9 Å². The van der Waals surface area contributed by atoms with Crippen molar-refractivity contribution in [1.82, 2.24) is 0 Å². The van der Waals surface area contributed by atoms with Gasteiger partial charge in [-0.2, -0.15) is 0 Å². The molecule has 0 atom stereocenters. The summed E-state index contributed by atoms with van der Waals surface area (Å²) >= 11 is 0. The minimum absolute atomic E-state index is 0. The molecule has 0 bridgehead atoms. The molecule has 0 heterocycles. The Hall–Kier alpha value is 1.57. The largest absolute Gasteiger partial charge is 2.00 e. The van der Waals surface area contributed by atoms with Crippen molar-refractivity contribution in [3.05, 3.63) is 0 Å². The van der Waals surface area contributed by atoms with Crippen LogP contribution in [0.15, 0.2) is 0 Å². The summed E-state index contributed by atoms with van der Waals surface area (Å²) in [5, 5.41) is 0. The summed E-state index contributed by atoms with van der Waals surface area (Å²) in [5.74, 6) is 3.53. The predicted molar refractivity (Wildman–Crippen MR) is 76.9 cm³/mol. The normalized spacial score (nSPS) is 8.74. The zero-order valence-corrected chi connectivity index (χ0v) is 17.8. The third kappa shape index (κ3) is 32.8. The summed E-state index contributed by atoms with van der Waals surface area (Å²) < 4.78 is 21.5. The molecule has 0 N–H and O–H groups in total. The molecule has 0 unspecified atom stereocenters. The van der Waals surface area contributed by atoms with Gasteiger partial charge in [0.25, 0.3) is 0 Å². The summed E-state index contributed by atoms with van der Waals surface area (Å²) in [5.41, 5.74) is 0. The summed E-state index contributed by atoms with van der Waals surface area (Å²) in [6.45, 7) is 8.25. The first-order chi connectivity index (χ1) is 7.62. The molecule has 0 rings (SSSR count). The van der Waals surface area contributed by atoms with Crippen LogP contribution in [0.3, 0.4) is 0 Å². The SMILES string of the molecule is CCCS(=O)CCC.CCCS(=O)CCC.[Cl-].[Cl-].[Pt+2]. The maximum absolute atomic E-state index is 10.8. The molecule has 0 saturated heterocycles. The van der Waals surface area contributed by atoms with Crippen LogP contribution in [0.25, 0.3) is 0 Å². The Morgan fingerprint density at radius 2 is 0.737 bits per heavy atom. The van der Waals surface area contributed by atoms with Crippen molar-refractivity contribution in [2.75, 3.05) is 23.0 Å². The zero-order chi connectivity index (χ0) is 12.8. The molecule has 0 aliphatic rings. The summed E-state index contributed by atoms with van der Waals surface area (Å²) in [6, 6.07) is 0. The zero-order valence-electron chi connectivity index (χ0n) is 12.4. The van der Waals surface area contributed by atoms with Crippen molar-refractivity contribution in [3.63, 3.8) is 0 Å². The maximum Gasteiger partial charge on any atom is 2.00 e. The summed E-state index contributed by atoms with van der Waals surface area (Å²) in [6.07, 6.45) is 4.19. The second kappa shape index (κ2) is 27.8. The van der Waals surface area contributed by atoms with Crippen molar-refractivity contribution in [1.29, 1.82) is 0 Å². The molecule has 0 radical (unpaired) electrons. The van der Waals surface area contributed by atoms with E-state index in [9.17, 15) is 8.42 Å². The van der Waals surface area contributed by atoms with E-state index in [1.54, 1.807) is 0 Å². The monoisotopic (exact) mass is 533 g/mol. The molecule has 0 saturated carbocycles. The Morgan fingerprint density at radius 3 is 0.842 bits per heavy atom. The average Bonchev–Trinajstić information content (AvgIpc) is 2.20. The van der Waals surface area contributed by atoms with E-state index in [2.05, 4.69) is 27.7 Å². The van der Waals surface area contributed by atoms with Crippen molar-refractivity contribution in [2.45, 2.75) is 53.4 Å². The molecule has 124 valence electrons. The van der Waals surface area contributed by atoms with Crippen LogP contribution < -0.4 is 24.8 Å². The first-order valence-electron chi connectivity index (χ1n) is 6.32. The third-order valence-electron chi connectivity index (χ3n) is 1.73. The Morgan fingerprint density at radius 1 is 0.579 bits per heavy atom. The van der Waals surface area contributed by atoms with Gasteiger partial charge in [0, 0.05) is 44.6 Å². The second-order valence-corrected chi connectivity index (χ2v) is 7.09. The van der Waals surface area contributed by atoms with Gasteiger partial charge in [0.2, 0.25) is 0 Å². The minimum Gasteiger partial charge on any atom is -1.00 e. The molecule has 0 amide bonds. The average molecular weight is 534 g/mol. The Bertz CT molecular complexity index is 161. The molecular weight excluding hydrogens is 506 g/mol. The van der Waals surface area contributed by atoms with E-state index in [0.717, 1.165) is 48.7 Å². The van der Waals surface area contributed by atoms with Gasteiger partial charge >= 0.3 is 21.1 Å². The van der Waals surface area contributed by atoms with Crippen LogP contribution >= 0.6 is 0 Å². The molecule has 7 heteroatoms. The minimum atomic E-state index is -0.520. The van der Waals surface area contributed by atoms with Crippen molar-refractivity contribution < 1.29 is 54.3 Å². The van der Waals surface area contributed by atoms with Gasteiger partial charge in [-0.15, -0.1) is 0 Å². The number of hydrogen-bond donors (Lipinski definition) is 0. The van der Waals surface area contributed by atoms with E-state index in [1.807, 2.05) is 0 Å². The standard InChI is InChI=1S/2C6H14OS.2ClH.Pt/c2*1-3-5-8(7)6-4-2;;;/h2*3-6H2,1-2H3;2*1H;/q;;;;+2/p-2. The first kappa shape index (κ1) is 32.5. The number of rotatable bonds is 8. The summed E-state index contributed by atoms with van der Waals surface area (Å²) in [4.78, 5) is 0. The quantitative estimate of drug-likeness (QED) is 0.336. The number of hydrogen-bond acceptors (Lipinski definition) is 2. The van der Waals surface area contributed by atoms with E-state index < -0.39 is 21.6 Å². The Kier molecular flexibility index (Phi) is 47.6. The molecule has 0 aromatic heterocycles. The van der Waals surface area contributed by atoms with Crippen LogP contribution in [0.5, 0.6) is 0 Å². The van der Waals surface area contributed by atoms with Crippen LogP contribution in [-0.2, 0) is 42.7 Å². The van der Waals surface area contributed by atoms with E-state index in [0.29, 0.717) is 0 Å². The fraction of sp³-hybridized carbons (Fsp3) is 1.00. The van der Waals surface area contributed by atoms with Gasteiger partial charge in [-0.1, -0.05) is 27.7 Å². The van der Waals surface area contributed by atoms with Gasteiger partial charge in [0.15, 0.2) is 0 Å². The van der Waals surface area contributed by atoms with Crippen molar-refractivity contribution >= 4 is 21.6 Å². The molecular formula is C12H28Cl2O2PtS2.